The normalized spacial score (nSPS) is 14.1. The van der Waals surface area contributed by atoms with Gasteiger partial charge in [0.25, 0.3) is 5.56 Å². The molecule has 2 aromatic heterocycles. The largest absolute Gasteiger partial charge is 0.356 e. The topological polar surface area (TPSA) is 74.8 Å². The molecule has 5 nitrogen and oxygen atoms in total. The van der Waals surface area contributed by atoms with Crippen molar-refractivity contribution in [2.75, 3.05) is 6.54 Å². The standard InChI is InChI=1S/C15H19N3O2S/c1-2-16-12(19)8-7-11-17-14(20)13-9-5-3-4-6-10(9)21-15(13)18-11/h2-8H2,1H3,(H,16,19)(H,17,18,20). The van der Waals surface area contributed by atoms with E-state index < -0.39 is 0 Å². The van der Waals surface area contributed by atoms with Crippen molar-refractivity contribution < 1.29 is 4.79 Å². The van der Waals surface area contributed by atoms with Crippen LogP contribution in [0.4, 0.5) is 0 Å². The number of carbonyl (C=O) groups excluding carboxylic acids is 1. The molecule has 0 atom stereocenters. The highest BCUT2D eigenvalue weighted by molar-refractivity contribution is 7.18. The van der Waals surface area contributed by atoms with Crippen LogP contribution in [0, 0.1) is 0 Å². The summed E-state index contributed by atoms with van der Waals surface area (Å²) >= 11 is 1.64. The first-order valence-electron chi connectivity index (χ1n) is 7.49. The van der Waals surface area contributed by atoms with Gasteiger partial charge in [-0.15, -0.1) is 11.3 Å². The zero-order chi connectivity index (χ0) is 14.8. The SMILES string of the molecule is CCNC(=O)CCc1nc2sc3c(c2c(=O)[nH]1)CCCC3. The van der Waals surface area contributed by atoms with E-state index in [1.165, 1.54) is 16.9 Å². The van der Waals surface area contributed by atoms with Crippen molar-refractivity contribution in [1.82, 2.24) is 15.3 Å². The number of fused-ring (bicyclic) bond motifs is 3. The third-order valence-electron chi connectivity index (χ3n) is 3.84. The Hall–Kier alpha value is -1.69. The van der Waals surface area contributed by atoms with Gasteiger partial charge in [0.2, 0.25) is 5.91 Å². The zero-order valence-corrected chi connectivity index (χ0v) is 12.9. The molecule has 1 aliphatic carbocycles. The fourth-order valence-corrected chi connectivity index (χ4v) is 4.13. The van der Waals surface area contributed by atoms with Crippen LogP contribution >= 0.6 is 11.3 Å². The van der Waals surface area contributed by atoms with E-state index in [4.69, 9.17) is 0 Å². The quantitative estimate of drug-likeness (QED) is 0.906. The molecule has 0 radical (unpaired) electrons. The predicted molar refractivity (Wildman–Crippen MR) is 83.9 cm³/mol. The molecule has 2 heterocycles. The number of rotatable bonds is 4. The molecule has 112 valence electrons. The summed E-state index contributed by atoms with van der Waals surface area (Å²) < 4.78 is 0. The van der Waals surface area contributed by atoms with E-state index in [0.29, 0.717) is 25.2 Å². The number of hydrogen-bond acceptors (Lipinski definition) is 4. The third-order valence-corrected chi connectivity index (χ3v) is 5.02. The summed E-state index contributed by atoms with van der Waals surface area (Å²) in [5, 5.41) is 3.53. The number of H-pyrrole nitrogens is 1. The van der Waals surface area contributed by atoms with Crippen LogP contribution in [-0.2, 0) is 24.1 Å². The molecule has 21 heavy (non-hydrogen) atoms. The minimum atomic E-state index is -0.0506. The minimum Gasteiger partial charge on any atom is -0.356 e. The van der Waals surface area contributed by atoms with Crippen LogP contribution in [0.25, 0.3) is 10.2 Å². The smallest absolute Gasteiger partial charge is 0.259 e. The van der Waals surface area contributed by atoms with Crippen LogP contribution < -0.4 is 10.9 Å². The summed E-state index contributed by atoms with van der Waals surface area (Å²) in [5.41, 5.74) is 1.15. The first kappa shape index (κ1) is 14.3. The number of amides is 1. The second-order valence-electron chi connectivity index (χ2n) is 5.36. The molecular formula is C15H19N3O2S. The van der Waals surface area contributed by atoms with E-state index in [-0.39, 0.29) is 11.5 Å². The van der Waals surface area contributed by atoms with Crippen LogP contribution in [0.5, 0.6) is 0 Å². The average Bonchev–Trinajstić information content (AvgIpc) is 2.84. The van der Waals surface area contributed by atoms with Gasteiger partial charge in [0.05, 0.1) is 5.39 Å². The fraction of sp³-hybridized carbons (Fsp3) is 0.533. The van der Waals surface area contributed by atoms with Crippen molar-refractivity contribution >= 4 is 27.5 Å². The highest BCUT2D eigenvalue weighted by Crippen LogP contribution is 2.33. The molecule has 2 aromatic rings. The molecule has 0 aliphatic heterocycles. The molecule has 0 bridgehead atoms. The van der Waals surface area contributed by atoms with Gasteiger partial charge in [-0.3, -0.25) is 9.59 Å². The first-order valence-corrected chi connectivity index (χ1v) is 8.31. The summed E-state index contributed by atoms with van der Waals surface area (Å²) in [5.74, 6) is 0.600. The van der Waals surface area contributed by atoms with Gasteiger partial charge >= 0.3 is 0 Å². The van der Waals surface area contributed by atoms with Crippen LogP contribution in [0.2, 0.25) is 0 Å². The van der Waals surface area contributed by atoms with Gasteiger partial charge in [0.15, 0.2) is 0 Å². The first-order chi connectivity index (χ1) is 10.2. The van der Waals surface area contributed by atoms with Crippen LogP contribution in [0.3, 0.4) is 0 Å². The van der Waals surface area contributed by atoms with Gasteiger partial charge in [-0.2, -0.15) is 0 Å². The Morgan fingerprint density at radius 2 is 2.19 bits per heavy atom. The van der Waals surface area contributed by atoms with E-state index in [2.05, 4.69) is 15.3 Å². The van der Waals surface area contributed by atoms with Crippen molar-refractivity contribution in [1.29, 1.82) is 0 Å². The monoisotopic (exact) mass is 305 g/mol. The lowest BCUT2D eigenvalue weighted by Crippen LogP contribution is -2.23. The maximum absolute atomic E-state index is 12.3. The zero-order valence-electron chi connectivity index (χ0n) is 12.1. The molecule has 0 unspecified atom stereocenters. The average molecular weight is 305 g/mol. The molecule has 0 spiro atoms. The second kappa shape index (κ2) is 5.97. The molecule has 3 rings (SSSR count). The number of aryl methyl sites for hydroxylation is 3. The number of hydrogen-bond donors (Lipinski definition) is 2. The molecule has 1 amide bonds. The number of nitrogens with zero attached hydrogens (tertiary/aromatic N) is 1. The third kappa shape index (κ3) is 2.85. The molecule has 0 saturated carbocycles. The molecule has 6 heteroatoms. The highest BCUT2D eigenvalue weighted by Gasteiger charge is 2.19. The van der Waals surface area contributed by atoms with Gasteiger partial charge in [-0.1, -0.05) is 0 Å². The molecule has 0 saturated heterocycles. The van der Waals surface area contributed by atoms with Crippen LogP contribution in [0.1, 0.15) is 42.5 Å². The lowest BCUT2D eigenvalue weighted by Gasteiger charge is -2.09. The van der Waals surface area contributed by atoms with E-state index in [1.54, 1.807) is 11.3 Å². The number of carbonyl (C=O) groups is 1. The summed E-state index contributed by atoms with van der Waals surface area (Å²) in [7, 11) is 0. The lowest BCUT2D eigenvalue weighted by molar-refractivity contribution is -0.120. The van der Waals surface area contributed by atoms with Crippen molar-refractivity contribution in [3.63, 3.8) is 0 Å². The van der Waals surface area contributed by atoms with Crippen molar-refractivity contribution in [3.8, 4) is 0 Å². The Morgan fingerprint density at radius 3 is 3.00 bits per heavy atom. The maximum atomic E-state index is 12.3. The Kier molecular flexibility index (Phi) is 4.05. The summed E-state index contributed by atoms with van der Waals surface area (Å²) in [4.78, 5) is 33.4. The summed E-state index contributed by atoms with van der Waals surface area (Å²) in [6, 6.07) is 0. The number of thiophene rings is 1. The molecule has 1 aliphatic rings. The van der Waals surface area contributed by atoms with Crippen molar-refractivity contribution in [2.45, 2.75) is 45.4 Å². The molecular weight excluding hydrogens is 286 g/mol. The Balaban J connectivity index is 1.89. The van der Waals surface area contributed by atoms with Gasteiger partial charge in [-0.25, -0.2) is 4.98 Å². The fourth-order valence-electron chi connectivity index (χ4n) is 2.84. The van der Waals surface area contributed by atoms with Gasteiger partial charge in [0.1, 0.15) is 10.7 Å². The Morgan fingerprint density at radius 1 is 1.38 bits per heavy atom. The molecule has 0 aromatic carbocycles. The Bertz CT molecular complexity index is 732. The van der Waals surface area contributed by atoms with Crippen LogP contribution in [-0.4, -0.2) is 22.4 Å². The number of aromatic amines is 1. The van der Waals surface area contributed by atoms with Gasteiger partial charge in [0, 0.05) is 24.3 Å². The van der Waals surface area contributed by atoms with E-state index >= 15 is 0 Å². The van der Waals surface area contributed by atoms with Crippen molar-refractivity contribution in [3.05, 3.63) is 26.6 Å². The Labute approximate surface area is 126 Å². The van der Waals surface area contributed by atoms with E-state index in [1.807, 2.05) is 6.92 Å². The van der Waals surface area contributed by atoms with Crippen LogP contribution in [0.15, 0.2) is 4.79 Å². The van der Waals surface area contributed by atoms with Gasteiger partial charge in [-0.05, 0) is 38.2 Å². The maximum Gasteiger partial charge on any atom is 0.259 e. The summed E-state index contributed by atoms with van der Waals surface area (Å²) in [6.07, 6.45) is 5.22. The lowest BCUT2D eigenvalue weighted by atomic mass is 9.97. The summed E-state index contributed by atoms with van der Waals surface area (Å²) in [6.45, 7) is 2.51. The van der Waals surface area contributed by atoms with Crippen molar-refractivity contribution in [2.24, 2.45) is 0 Å². The van der Waals surface area contributed by atoms with Gasteiger partial charge < -0.3 is 10.3 Å². The van der Waals surface area contributed by atoms with E-state index in [0.717, 1.165) is 29.5 Å². The second-order valence-corrected chi connectivity index (χ2v) is 6.44. The molecule has 2 N–H and O–H groups in total. The predicted octanol–water partition coefficient (Wildman–Crippen LogP) is 1.93. The number of aromatic nitrogens is 2. The molecule has 0 fully saturated rings. The van der Waals surface area contributed by atoms with E-state index in [9.17, 15) is 9.59 Å². The highest BCUT2D eigenvalue weighted by atomic mass is 32.1. The number of nitrogens with one attached hydrogen (secondary N) is 2. The minimum absolute atomic E-state index is 0.00859.